The monoisotopic (exact) mass is 348 g/mol. The molecule has 1 aliphatic rings. The van der Waals surface area contributed by atoms with Crippen LogP contribution >= 0.6 is 0 Å². The highest BCUT2D eigenvalue weighted by Crippen LogP contribution is 2.22. The summed E-state index contributed by atoms with van der Waals surface area (Å²) in [5.41, 5.74) is 1.38. The molecule has 1 heterocycles. The molecule has 138 valence electrons. The zero-order valence-electron chi connectivity index (χ0n) is 15.7. The van der Waals surface area contributed by atoms with E-state index in [1.54, 1.807) is 6.07 Å². The number of hydrogen-bond donors (Lipinski definition) is 1. The molecule has 1 saturated heterocycles. The van der Waals surface area contributed by atoms with Gasteiger partial charge in [-0.25, -0.2) is 4.79 Å². The van der Waals surface area contributed by atoms with Crippen LogP contribution in [-0.2, 0) is 15.9 Å². The van der Waals surface area contributed by atoms with Crippen molar-refractivity contribution in [3.63, 3.8) is 0 Å². The van der Waals surface area contributed by atoms with Gasteiger partial charge in [0.1, 0.15) is 18.7 Å². The van der Waals surface area contributed by atoms with Gasteiger partial charge in [0.25, 0.3) is 0 Å². The van der Waals surface area contributed by atoms with Crippen LogP contribution in [0.2, 0.25) is 0 Å². The van der Waals surface area contributed by atoms with Gasteiger partial charge in [-0.1, -0.05) is 12.1 Å². The topological polar surface area (TPSA) is 58.8 Å². The smallest absolute Gasteiger partial charge is 0.465 e. The van der Waals surface area contributed by atoms with E-state index in [9.17, 15) is 9.90 Å². The van der Waals surface area contributed by atoms with E-state index in [0.717, 1.165) is 44.3 Å². The van der Waals surface area contributed by atoms with E-state index in [1.807, 2.05) is 37.5 Å². The van der Waals surface area contributed by atoms with Crippen LogP contribution in [0.5, 0.6) is 0 Å². The zero-order valence-corrected chi connectivity index (χ0v) is 15.7. The third kappa shape index (κ3) is 6.07. The molecule has 0 radical (unpaired) electrons. The summed E-state index contributed by atoms with van der Waals surface area (Å²) in [7, 11) is 1.40. The van der Waals surface area contributed by atoms with Crippen LogP contribution in [0.3, 0.4) is 0 Å². The molecule has 0 amide bonds. The van der Waals surface area contributed by atoms with Gasteiger partial charge in [0, 0.05) is 12.8 Å². The predicted octanol–water partition coefficient (Wildman–Crippen LogP) is 3.56. The molecule has 0 bridgehead atoms. The minimum absolute atomic E-state index is 0.0386. The van der Waals surface area contributed by atoms with Gasteiger partial charge in [-0.2, -0.15) is 4.58 Å². The van der Waals surface area contributed by atoms with Crippen molar-refractivity contribution in [2.24, 2.45) is 5.92 Å². The number of carbonyl (C=O) groups excluding carboxylic acids is 1. The van der Waals surface area contributed by atoms with Gasteiger partial charge < -0.3 is 14.6 Å². The molecule has 1 aromatic rings. The number of benzene rings is 1. The van der Waals surface area contributed by atoms with Crippen LogP contribution in [0, 0.1) is 5.92 Å². The van der Waals surface area contributed by atoms with Gasteiger partial charge in [-0.05, 0) is 57.2 Å². The second-order valence-electron chi connectivity index (χ2n) is 7.66. The summed E-state index contributed by atoms with van der Waals surface area (Å²) in [6.45, 7) is 7.42. The number of methoxy groups -OCH3 is 1. The average molecular weight is 348 g/mol. The molecule has 5 nitrogen and oxygen atoms in total. The fourth-order valence-corrected chi connectivity index (χ4v) is 3.09. The molecule has 0 unspecified atom stereocenters. The molecule has 5 heteroatoms. The number of rotatable bonds is 4. The van der Waals surface area contributed by atoms with E-state index in [-0.39, 0.29) is 17.7 Å². The maximum atomic E-state index is 11.6. The summed E-state index contributed by atoms with van der Waals surface area (Å²) in [6.07, 6.45) is 4.14. The third-order valence-corrected chi connectivity index (χ3v) is 4.47. The lowest BCUT2D eigenvalue weighted by atomic mass is 9.91. The van der Waals surface area contributed by atoms with Crippen LogP contribution in [0.4, 0.5) is 0 Å². The van der Waals surface area contributed by atoms with E-state index in [4.69, 9.17) is 9.47 Å². The number of aryl methyl sites for hydroxylation is 1. The van der Waals surface area contributed by atoms with E-state index < -0.39 is 0 Å². The van der Waals surface area contributed by atoms with Gasteiger partial charge in [0.05, 0.1) is 12.7 Å². The Bertz CT molecular complexity index is 621. The molecule has 1 N–H and O–H groups in total. The lowest BCUT2D eigenvalue weighted by molar-refractivity contribution is -0.558. The minimum atomic E-state index is -0.383. The summed E-state index contributed by atoms with van der Waals surface area (Å²) < 4.78 is 12.2. The number of aliphatic hydroxyl groups excluding tert-OH is 1. The molecule has 25 heavy (non-hydrogen) atoms. The van der Waals surface area contributed by atoms with Crippen LogP contribution in [0.15, 0.2) is 24.3 Å². The van der Waals surface area contributed by atoms with Crippen LogP contribution in [-0.4, -0.2) is 47.5 Å². The Morgan fingerprint density at radius 1 is 1.28 bits per heavy atom. The largest absolute Gasteiger partial charge is 0.547 e. The van der Waals surface area contributed by atoms with Crippen LogP contribution in [0.1, 0.15) is 56.0 Å². The van der Waals surface area contributed by atoms with Crippen molar-refractivity contribution in [1.82, 2.24) is 0 Å². The Morgan fingerprint density at radius 3 is 2.56 bits per heavy atom. The van der Waals surface area contributed by atoms with Crippen molar-refractivity contribution in [3.8, 4) is 0 Å². The quantitative estimate of drug-likeness (QED) is 0.513. The highest BCUT2D eigenvalue weighted by Gasteiger charge is 2.28. The summed E-state index contributed by atoms with van der Waals surface area (Å²) >= 11 is 0. The molecule has 0 saturated carbocycles. The summed E-state index contributed by atoms with van der Waals surface area (Å²) in [5, 5.41) is 10.1. The highest BCUT2D eigenvalue weighted by atomic mass is 16.6. The SMILES string of the molecule is COC(=O)c1cccc(CCC2CC[N+](=C(O)OC(C)(C)C)CC2)c1. The molecule has 0 aliphatic carbocycles. The van der Waals surface area contributed by atoms with Crippen molar-refractivity contribution in [1.29, 1.82) is 0 Å². The molecule has 0 atom stereocenters. The Balaban J connectivity index is 1.85. The Morgan fingerprint density at radius 2 is 1.96 bits per heavy atom. The first-order chi connectivity index (χ1) is 11.8. The van der Waals surface area contributed by atoms with Gasteiger partial charge >= 0.3 is 12.1 Å². The minimum Gasteiger partial charge on any atom is -0.465 e. The number of nitrogens with zero attached hydrogens (tertiary/aromatic N) is 1. The van der Waals surface area contributed by atoms with Crippen molar-refractivity contribution >= 4 is 12.1 Å². The average Bonchev–Trinajstić information content (AvgIpc) is 2.58. The lowest BCUT2D eigenvalue weighted by Gasteiger charge is -2.23. The van der Waals surface area contributed by atoms with Crippen LogP contribution < -0.4 is 0 Å². The van der Waals surface area contributed by atoms with Crippen molar-refractivity contribution in [3.05, 3.63) is 35.4 Å². The fraction of sp³-hybridized carbons (Fsp3) is 0.600. The number of aliphatic hydroxyl groups is 1. The number of hydrogen-bond acceptors (Lipinski definition) is 3. The summed E-state index contributed by atoms with van der Waals surface area (Å²) in [4.78, 5) is 11.6. The number of carbonyl (C=O) groups is 1. The van der Waals surface area contributed by atoms with Crippen molar-refractivity contribution < 1.29 is 24.0 Å². The van der Waals surface area contributed by atoms with Gasteiger partial charge in [-0.15, -0.1) is 0 Å². The molecule has 1 fully saturated rings. The number of esters is 1. The molecule has 0 aromatic heterocycles. The van der Waals surface area contributed by atoms with Crippen molar-refractivity contribution in [2.45, 2.75) is 52.1 Å². The Labute approximate surface area is 150 Å². The van der Waals surface area contributed by atoms with E-state index >= 15 is 0 Å². The van der Waals surface area contributed by atoms with Crippen LogP contribution in [0.25, 0.3) is 0 Å². The highest BCUT2D eigenvalue weighted by molar-refractivity contribution is 5.89. The third-order valence-electron chi connectivity index (χ3n) is 4.47. The number of ether oxygens (including phenoxy) is 2. The molecular formula is C20H30NO4+. The van der Waals surface area contributed by atoms with E-state index in [0.29, 0.717) is 11.5 Å². The standard InChI is InChI=1S/C20H29NO4/c1-20(2,3)25-19(23)21-12-10-15(11-13-21)8-9-16-6-5-7-17(14-16)18(22)24-4/h5-7,14-15H,8-13H2,1-4H3/p+1. The first kappa shape index (κ1) is 19.3. The van der Waals surface area contributed by atoms with Gasteiger partial charge in [0.15, 0.2) is 0 Å². The summed E-state index contributed by atoms with van der Waals surface area (Å²) in [5.74, 6) is 0.334. The normalized spacial score (nSPS) is 17.9. The fourth-order valence-electron chi connectivity index (χ4n) is 3.09. The maximum absolute atomic E-state index is 11.6. The first-order valence-electron chi connectivity index (χ1n) is 8.95. The lowest BCUT2D eigenvalue weighted by Crippen LogP contribution is -2.36. The molecular weight excluding hydrogens is 318 g/mol. The Kier molecular flexibility index (Phi) is 6.45. The summed E-state index contributed by atoms with van der Waals surface area (Å²) in [6, 6.07) is 7.65. The zero-order chi connectivity index (χ0) is 18.4. The molecule has 1 aromatic carbocycles. The predicted molar refractivity (Wildman–Crippen MR) is 97.3 cm³/mol. The molecule has 1 aliphatic heterocycles. The van der Waals surface area contributed by atoms with Crippen molar-refractivity contribution in [2.75, 3.05) is 20.2 Å². The van der Waals surface area contributed by atoms with Gasteiger partial charge in [0.2, 0.25) is 0 Å². The van der Waals surface area contributed by atoms with E-state index in [2.05, 4.69) is 6.07 Å². The second kappa shape index (κ2) is 8.37. The maximum Gasteiger partial charge on any atom is 0.547 e. The molecule has 2 rings (SSSR count). The van der Waals surface area contributed by atoms with Gasteiger partial charge in [-0.3, -0.25) is 0 Å². The van der Waals surface area contributed by atoms with E-state index in [1.165, 1.54) is 7.11 Å². The Hall–Kier alpha value is -2.04. The molecule has 0 spiro atoms. The number of piperidine rings is 1. The second-order valence-corrected chi connectivity index (χ2v) is 7.66. The first-order valence-corrected chi connectivity index (χ1v) is 8.95.